The minimum Gasteiger partial charge on any atom is -0.479 e. The first-order valence-corrected chi connectivity index (χ1v) is 13.9. The fraction of sp³-hybridized carbons (Fsp3) is 0.0667. The number of sulfone groups is 1. The zero-order valence-electron chi connectivity index (χ0n) is 22.9. The number of nitrogens with two attached hydrogens (primary N) is 2. The van der Waals surface area contributed by atoms with Crippen molar-refractivity contribution in [3.63, 3.8) is 0 Å². The fourth-order valence-corrected chi connectivity index (χ4v) is 6.34. The number of carbonyl (C=O) groups excluding carboxylic acids is 1. The van der Waals surface area contributed by atoms with Gasteiger partial charge in [0.2, 0.25) is 14.7 Å². The average Bonchev–Trinajstić information content (AvgIpc) is 2.98. The van der Waals surface area contributed by atoms with Crippen LogP contribution in [0.1, 0.15) is 27.0 Å². The van der Waals surface area contributed by atoms with E-state index in [1.807, 2.05) is 0 Å². The molecule has 11 nitrogen and oxygen atoms in total. The number of aromatic nitrogens is 1. The van der Waals surface area contributed by atoms with Crippen molar-refractivity contribution >= 4 is 74.0 Å². The number of carboxylic acid groups (broad SMARTS) is 1. The quantitative estimate of drug-likeness (QED) is 0.123. The van der Waals surface area contributed by atoms with Gasteiger partial charge in [0.25, 0.3) is 5.91 Å². The number of amides is 1. The highest BCUT2D eigenvalue weighted by atomic mass is 35.5. The molecule has 0 bridgehead atoms. The van der Waals surface area contributed by atoms with E-state index in [-0.39, 0.29) is 64.2 Å². The predicted octanol–water partition coefficient (Wildman–Crippen LogP) is 3.29. The van der Waals surface area contributed by atoms with Crippen LogP contribution in [0.25, 0.3) is 21.7 Å². The summed E-state index contributed by atoms with van der Waals surface area (Å²) in [5, 5.41) is 22.0. The molecule has 4 aromatic carbocycles. The van der Waals surface area contributed by atoms with Crippen LogP contribution in [0, 0.1) is 5.41 Å². The van der Waals surface area contributed by atoms with E-state index in [1.54, 1.807) is 60.7 Å². The average molecular weight is 659 g/mol. The number of carboxylic acids is 1. The molecule has 1 atom stereocenters. The van der Waals surface area contributed by atoms with Crippen molar-refractivity contribution in [2.75, 3.05) is 0 Å². The zero-order chi connectivity index (χ0) is 29.4. The van der Waals surface area contributed by atoms with E-state index in [2.05, 4.69) is 10.3 Å². The molecule has 0 saturated carbocycles. The Morgan fingerprint density at radius 1 is 0.909 bits per heavy atom. The Hall–Kier alpha value is -4.59. The summed E-state index contributed by atoms with van der Waals surface area (Å²) in [7, 11) is -4.75. The van der Waals surface area contributed by atoms with Gasteiger partial charge in [-0.25, -0.2) is 13.2 Å². The summed E-state index contributed by atoms with van der Waals surface area (Å²) in [6.45, 7) is 0.172. The van der Waals surface area contributed by atoms with Gasteiger partial charge >= 0.3 is 5.97 Å². The van der Waals surface area contributed by atoms with Gasteiger partial charge in [-0.05, 0) is 46.2 Å². The van der Waals surface area contributed by atoms with Crippen molar-refractivity contribution < 1.29 is 28.6 Å². The minimum absolute atomic E-state index is 0. The van der Waals surface area contributed by atoms with Gasteiger partial charge < -0.3 is 21.6 Å². The number of nitrogens with zero attached hydrogens (tertiary/aromatic N) is 1. The van der Waals surface area contributed by atoms with Crippen molar-refractivity contribution in [1.82, 2.24) is 10.3 Å². The normalized spacial score (nSPS) is 12.1. The molecule has 0 aliphatic carbocycles. The number of nitrogen functional groups attached to an aromatic ring is 1. The van der Waals surface area contributed by atoms with Crippen molar-refractivity contribution in [3.8, 4) is 0 Å². The molecule has 5 rings (SSSR count). The summed E-state index contributed by atoms with van der Waals surface area (Å²) in [4.78, 5) is 26.8. The molecule has 0 fully saturated rings. The largest absolute Gasteiger partial charge is 0.479 e. The molecule has 0 saturated heterocycles. The Bertz CT molecular complexity index is 1970. The van der Waals surface area contributed by atoms with Crippen LogP contribution in [-0.4, -0.2) is 41.7 Å². The number of halogens is 2. The highest BCUT2D eigenvalue weighted by molar-refractivity contribution is 7.93. The number of aliphatic carboxylic acids is 1. The molecule has 230 valence electrons. The highest BCUT2D eigenvalue weighted by Gasteiger charge is 2.51. The second-order valence-electron chi connectivity index (χ2n) is 9.41. The van der Waals surface area contributed by atoms with E-state index < -0.39 is 26.6 Å². The third kappa shape index (κ3) is 6.20. The molecular formula is C30H29Cl2N5O6S. The van der Waals surface area contributed by atoms with E-state index >= 15 is 0 Å². The van der Waals surface area contributed by atoms with Crippen LogP contribution in [-0.2, 0) is 26.0 Å². The third-order valence-electron chi connectivity index (χ3n) is 6.90. The summed E-state index contributed by atoms with van der Waals surface area (Å²) in [6.07, 6.45) is 1.42. The zero-order valence-corrected chi connectivity index (χ0v) is 25.3. The fourth-order valence-electron chi connectivity index (χ4n) is 4.64. The molecule has 0 radical (unpaired) electrons. The van der Waals surface area contributed by atoms with E-state index in [1.165, 1.54) is 36.5 Å². The van der Waals surface area contributed by atoms with Crippen LogP contribution in [0.5, 0.6) is 0 Å². The number of para-hydroxylation sites is 1. The van der Waals surface area contributed by atoms with Gasteiger partial charge in [-0.1, -0.05) is 66.7 Å². The summed E-state index contributed by atoms with van der Waals surface area (Å²) in [5.74, 6) is -2.30. The van der Waals surface area contributed by atoms with Crippen LogP contribution in [0.4, 0.5) is 0 Å². The Morgan fingerprint density at radius 3 is 2.20 bits per heavy atom. The minimum atomic E-state index is -4.75. The molecule has 0 spiro atoms. The molecule has 0 aliphatic heterocycles. The number of hydrogen-bond acceptors (Lipinski definition) is 7. The maximum absolute atomic E-state index is 13.9. The maximum atomic E-state index is 13.9. The summed E-state index contributed by atoms with van der Waals surface area (Å²) < 4.78 is 27.9. The lowest BCUT2D eigenvalue weighted by atomic mass is 9.98. The van der Waals surface area contributed by atoms with Gasteiger partial charge in [-0.2, -0.15) is 0 Å². The van der Waals surface area contributed by atoms with Crippen LogP contribution < -0.4 is 16.8 Å². The summed E-state index contributed by atoms with van der Waals surface area (Å²) in [6, 6.07) is 23.7. The molecular weight excluding hydrogens is 629 g/mol. The number of benzene rings is 4. The van der Waals surface area contributed by atoms with Crippen molar-refractivity contribution in [1.29, 1.82) is 5.41 Å². The van der Waals surface area contributed by atoms with Crippen molar-refractivity contribution in [2.45, 2.75) is 16.3 Å². The second-order valence-corrected chi connectivity index (χ2v) is 11.5. The Labute approximate surface area is 264 Å². The summed E-state index contributed by atoms with van der Waals surface area (Å²) in [5.41, 5.74) is 13.2. The number of fused-ring (bicyclic) bond motifs is 2. The Balaban J connectivity index is 0.00000225. The number of hydrogen-bond donors (Lipinski definition) is 5. The van der Waals surface area contributed by atoms with Crippen molar-refractivity contribution in [3.05, 3.63) is 119 Å². The molecule has 9 N–H and O–H groups in total. The van der Waals surface area contributed by atoms with Crippen LogP contribution >= 0.6 is 24.8 Å². The third-order valence-corrected chi connectivity index (χ3v) is 9.07. The Kier molecular flexibility index (Phi) is 11.2. The van der Waals surface area contributed by atoms with Crippen LogP contribution in [0.2, 0.25) is 0 Å². The first-order valence-electron chi connectivity index (χ1n) is 12.4. The number of nitrogens with one attached hydrogen (secondary N) is 2. The molecule has 1 unspecified atom stereocenters. The molecule has 5 aromatic rings. The lowest BCUT2D eigenvalue weighted by Gasteiger charge is -2.26. The lowest BCUT2D eigenvalue weighted by Crippen LogP contribution is -2.51. The topological polar surface area (TPSA) is 221 Å². The molecule has 44 heavy (non-hydrogen) atoms. The van der Waals surface area contributed by atoms with E-state index in [0.717, 1.165) is 5.56 Å². The van der Waals surface area contributed by atoms with Gasteiger partial charge in [0.15, 0.2) is 0 Å². The SMILES string of the molecule is Cl.Cl.N=C(N)c1ccc(CNC(=O)c2cccc3ccc(C(N)(C(=O)O)S(=O)(=O)c4cccc5cccnc45)cc23)cc1.O. The molecule has 1 amide bonds. The van der Waals surface area contributed by atoms with Gasteiger partial charge in [0.05, 0.1) is 10.4 Å². The van der Waals surface area contributed by atoms with Gasteiger partial charge in [0, 0.05) is 29.3 Å². The van der Waals surface area contributed by atoms with Gasteiger partial charge in [-0.15, -0.1) is 24.8 Å². The van der Waals surface area contributed by atoms with Crippen molar-refractivity contribution in [2.24, 2.45) is 11.5 Å². The molecule has 0 aliphatic rings. The van der Waals surface area contributed by atoms with E-state index in [4.69, 9.17) is 16.9 Å². The maximum Gasteiger partial charge on any atom is 0.344 e. The van der Waals surface area contributed by atoms with Gasteiger partial charge in [-0.3, -0.25) is 20.9 Å². The second kappa shape index (κ2) is 13.8. The number of carbonyl (C=O) groups is 2. The first-order chi connectivity index (χ1) is 19.5. The van der Waals surface area contributed by atoms with Crippen LogP contribution in [0.3, 0.4) is 0 Å². The van der Waals surface area contributed by atoms with Crippen LogP contribution in [0.15, 0.2) is 102 Å². The highest BCUT2D eigenvalue weighted by Crippen LogP contribution is 2.36. The molecule has 14 heteroatoms. The Morgan fingerprint density at radius 2 is 1.55 bits per heavy atom. The first kappa shape index (κ1) is 35.6. The lowest BCUT2D eigenvalue weighted by molar-refractivity contribution is -0.140. The van der Waals surface area contributed by atoms with Gasteiger partial charge in [0.1, 0.15) is 5.84 Å². The number of pyridine rings is 1. The predicted molar refractivity (Wildman–Crippen MR) is 173 cm³/mol. The smallest absolute Gasteiger partial charge is 0.344 e. The summed E-state index contributed by atoms with van der Waals surface area (Å²) >= 11 is 0. The van der Waals surface area contributed by atoms with E-state index in [9.17, 15) is 23.1 Å². The number of rotatable bonds is 8. The standard InChI is InChI=1S/C30H25N5O5S.2ClH.H2O/c31-27(32)21-11-9-18(10-12-21)17-35-28(36)23-7-1-4-19-13-14-22(16-24(19)23)30(33,29(37)38)41(39,40)25-8-2-5-20-6-3-15-34-26(20)25;;;/h1-16H,17,33H2,(H3,31,32)(H,35,36)(H,37,38);2*1H;1H2. The number of amidine groups is 1. The van der Waals surface area contributed by atoms with E-state index in [0.29, 0.717) is 21.7 Å². The molecule has 1 aromatic heterocycles. The molecule has 1 heterocycles. The monoisotopic (exact) mass is 657 g/mol.